The summed E-state index contributed by atoms with van der Waals surface area (Å²) in [5, 5.41) is 11.3. The highest BCUT2D eigenvalue weighted by Gasteiger charge is 2.08. The minimum absolute atomic E-state index is 0.0919. The topological polar surface area (TPSA) is 76.6 Å². The Bertz CT molecular complexity index is 1310. The Balaban J connectivity index is 1.14. The van der Waals surface area contributed by atoms with E-state index in [9.17, 15) is 4.79 Å². The van der Waals surface area contributed by atoms with E-state index in [0.717, 1.165) is 33.5 Å². The number of nitrogens with zero attached hydrogens (tertiary/aromatic N) is 5. The minimum atomic E-state index is -0.0919. The van der Waals surface area contributed by atoms with Crippen molar-refractivity contribution in [2.45, 2.75) is 17.1 Å². The quantitative estimate of drug-likeness (QED) is 0.401. The van der Waals surface area contributed by atoms with Crippen molar-refractivity contribution in [2.75, 3.05) is 6.54 Å². The lowest BCUT2D eigenvalue weighted by Crippen LogP contribution is -2.26. The molecule has 7 nitrogen and oxygen atoms in total. The highest BCUT2D eigenvalue weighted by molar-refractivity contribution is 7.98. The summed E-state index contributed by atoms with van der Waals surface area (Å²) in [6.45, 7) is 0.499. The largest absolute Gasteiger partial charge is 0.352 e. The zero-order valence-electron chi connectivity index (χ0n) is 16.7. The van der Waals surface area contributed by atoms with Gasteiger partial charge in [0.15, 0.2) is 5.65 Å². The van der Waals surface area contributed by atoms with Crippen LogP contribution >= 0.6 is 11.8 Å². The van der Waals surface area contributed by atoms with Gasteiger partial charge in [-0.3, -0.25) is 9.20 Å². The van der Waals surface area contributed by atoms with E-state index in [-0.39, 0.29) is 5.91 Å². The number of hydrogen-bond donors (Lipinski definition) is 1. The highest BCUT2D eigenvalue weighted by atomic mass is 32.2. The number of pyridine rings is 2. The molecule has 0 aliphatic rings. The van der Waals surface area contributed by atoms with Crippen LogP contribution in [0.4, 0.5) is 0 Å². The van der Waals surface area contributed by atoms with Gasteiger partial charge in [-0.1, -0.05) is 12.1 Å². The molecule has 31 heavy (non-hydrogen) atoms. The molecule has 5 aromatic rings. The lowest BCUT2D eigenvalue weighted by molar-refractivity contribution is 0.0954. The summed E-state index contributed by atoms with van der Waals surface area (Å²) in [5.41, 5.74) is 3.42. The number of aromatic nitrogens is 5. The van der Waals surface area contributed by atoms with Crippen LogP contribution in [-0.2, 0) is 12.2 Å². The van der Waals surface area contributed by atoms with Gasteiger partial charge in [0, 0.05) is 47.8 Å². The van der Waals surface area contributed by atoms with Crippen LogP contribution in [0, 0.1) is 0 Å². The third kappa shape index (κ3) is 4.29. The number of nitrogens with one attached hydrogen (secondary N) is 1. The zero-order chi connectivity index (χ0) is 21.0. The molecule has 0 atom stereocenters. The Hall–Kier alpha value is -3.65. The molecule has 0 spiro atoms. The number of amides is 1. The molecule has 0 unspecified atom stereocenters. The molecule has 5 rings (SSSR count). The molecular formula is C23H20N6OS. The maximum Gasteiger partial charge on any atom is 0.251 e. The highest BCUT2D eigenvalue weighted by Crippen LogP contribution is 2.23. The van der Waals surface area contributed by atoms with Crippen LogP contribution in [0.5, 0.6) is 0 Å². The third-order valence-corrected chi connectivity index (χ3v) is 5.98. The second-order valence-corrected chi connectivity index (χ2v) is 8.11. The second-order valence-electron chi connectivity index (χ2n) is 7.06. The Morgan fingerprint density at radius 1 is 0.935 bits per heavy atom. The summed E-state index contributed by atoms with van der Waals surface area (Å²) in [4.78, 5) is 18.2. The van der Waals surface area contributed by atoms with Gasteiger partial charge in [0.25, 0.3) is 5.91 Å². The summed E-state index contributed by atoms with van der Waals surface area (Å²) in [6, 6.07) is 19.4. The average Bonchev–Trinajstić information content (AvgIpc) is 3.42. The summed E-state index contributed by atoms with van der Waals surface area (Å²) >= 11 is 1.70. The molecule has 1 N–H and O–H groups in total. The van der Waals surface area contributed by atoms with Crippen LogP contribution < -0.4 is 5.32 Å². The standard InChI is InChI=1S/C23H20N6OS/c30-23(24-12-11-22-27-26-21-6-2-4-14-29(21)22)17-7-9-19(10-8-17)31-16-18-15-28-13-3-1-5-20(28)25-18/h1-10,13-15H,11-12,16H2,(H,24,30). The monoisotopic (exact) mass is 428 g/mol. The van der Waals surface area contributed by atoms with Gasteiger partial charge in [-0.2, -0.15) is 0 Å². The fraction of sp³-hybridized carbons (Fsp3) is 0.130. The first kappa shape index (κ1) is 19.3. The first-order chi connectivity index (χ1) is 15.3. The molecule has 4 aromatic heterocycles. The zero-order valence-corrected chi connectivity index (χ0v) is 17.5. The van der Waals surface area contributed by atoms with Crippen molar-refractivity contribution in [3.8, 4) is 0 Å². The first-order valence-corrected chi connectivity index (χ1v) is 11.0. The Morgan fingerprint density at radius 2 is 1.74 bits per heavy atom. The van der Waals surface area contributed by atoms with E-state index in [4.69, 9.17) is 0 Å². The molecule has 0 radical (unpaired) electrons. The predicted molar refractivity (Wildman–Crippen MR) is 120 cm³/mol. The van der Waals surface area contributed by atoms with Gasteiger partial charge in [0.2, 0.25) is 0 Å². The third-order valence-electron chi connectivity index (χ3n) is 4.94. The molecule has 0 saturated carbocycles. The molecule has 154 valence electrons. The lowest BCUT2D eigenvalue weighted by atomic mass is 10.2. The molecule has 0 fully saturated rings. The number of benzene rings is 1. The van der Waals surface area contributed by atoms with E-state index in [1.54, 1.807) is 11.8 Å². The summed E-state index contributed by atoms with van der Waals surface area (Å²) < 4.78 is 3.95. The van der Waals surface area contributed by atoms with E-state index in [2.05, 4.69) is 20.5 Å². The van der Waals surface area contributed by atoms with Crippen molar-refractivity contribution in [1.82, 2.24) is 29.3 Å². The van der Waals surface area contributed by atoms with Crippen molar-refractivity contribution in [1.29, 1.82) is 0 Å². The number of thioether (sulfide) groups is 1. The van der Waals surface area contributed by atoms with Crippen molar-refractivity contribution in [3.05, 3.63) is 96.3 Å². The van der Waals surface area contributed by atoms with E-state index < -0.39 is 0 Å². The van der Waals surface area contributed by atoms with Crippen LogP contribution in [0.3, 0.4) is 0 Å². The fourth-order valence-corrected chi connectivity index (χ4v) is 4.15. The van der Waals surface area contributed by atoms with Crippen LogP contribution in [0.1, 0.15) is 21.9 Å². The average molecular weight is 429 g/mol. The van der Waals surface area contributed by atoms with Gasteiger partial charge >= 0.3 is 0 Å². The smallest absolute Gasteiger partial charge is 0.251 e. The SMILES string of the molecule is O=C(NCCc1nnc2ccccn12)c1ccc(SCc2cn3ccccc3n2)cc1. The van der Waals surface area contributed by atoms with Crippen LogP contribution in [0.2, 0.25) is 0 Å². The summed E-state index contributed by atoms with van der Waals surface area (Å²) in [7, 11) is 0. The van der Waals surface area contributed by atoms with Gasteiger partial charge in [-0.25, -0.2) is 4.98 Å². The minimum Gasteiger partial charge on any atom is -0.352 e. The molecule has 1 amide bonds. The summed E-state index contributed by atoms with van der Waals surface area (Å²) in [6.07, 6.45) is 6.58. The van der Waals surface area contributed by atoms with Crippen LogP contribution in [0.25, 0.3) is 11.3 Å². The van der Waals surface area contributed by atoms with Crippen LogP contribution in [-0.4, -0.2) is 36.4 Å². The van der Waals surface area contributed by atoms with E-state index >= 15 is 0 Å². The molecule has 4 heterocycles. The van der Waals surface area contributed by atoms with Gasteiger partial charge in [-0.15, -0.1) is 22.0 Å². The predicted octanol–water partition coefficient (Wildman–Crippen LogP) is 3.64. The molecule has 0 bridgehead atoms. The fourth-order valence-electron chi connectivity index (χ4n) is 3.37. The maximum absolute atomic E-state index is 12.5. The van der Waals surface area contributed by atoms with E-state index in [0.29, 0.717) is 18.5 Å². The van der Waals surface area contributed by atoms with Gasteiger partial charge in [0.1, 0.15) is 11.5 Å². The number of carbonyl (C=O) groups excluding carboxylic acids is 1. The van der Waals surface area contributed by atoms with Gasteiger partial charge < -0.3 is 9.72 Å². The summed E-state index contributed by atoms with van der Waals surface area (Å²) in [5.74, 6) is 1.51. The van der Waals surface area contributed by atoms with Crippen LogP contribution in [0.15, 0.2) is 84.1 Å². The molecule has 8 heteroatoms. The maximum atomic E-state index is 12.5. The number of imidazole rings is 1. The molecular weight excluding hydrogens is 408 g/mol. The van der Waals surface area contributed by atoms with E-state index in [1.165, 1.54) is 0 Å². The second kappa shape index (κ2) is 8.61. The number of fused-ring (bicyclic) bond motifs is 2. The number of carbonyl (C=O) groups is 1. The van der Waals surface area contributed by atoms with Gasteiger partial charge in [-0.05, 0) is 48.5 Å². The molecule has 1 aromatic carbocycles. The molecule has 0 aliphatic heterocycles. The van der Waals surface area contributed by atoms with Crippen molar-refractivity contribution < 1.29 is 4.79 Å². The first-order valence-electron chi connectivity index (χ1n) is 9.98. The lowest BCUT2D eigenvalue weighted by Gasteiger charge is -2.06. The molecule has 0 aliphatic carbocycles. The van der Waals surface area contributed by atoms with Crippen molar-refractivity contribution in [3.63, 3.8) is 0 Å². The molecule has 0 saturated heterocycles. The Kier molecular flexibility index (Phi) is 5.37. The van der Waals surface area contributed by atoms with Crippen molar-refractivity contribution >= 4 is 29.0 Å². The normalized spacial score (nSPS) is 11.2. The van der Waals surface area contributed by atoms with Crippen molar-refractivity contribution in [2.24, 2.45) is 0 Å². The van der Waals surface area contributed by atoms with Gasteiger partial charge in [0.05, 0.1) is 5.69 Å². The van der Waals surface area contributed by atoms with E-state index in [1.807, 2.05) is 88.1 Å². The number of rotatable bonds is 7. The Labute approximate surface area is 183 Å². The number of hydrogen-bond acceptors (Lipinski definition) is 5. The Morgan fingerprint density at radius 3 is 2.58 bits per heavy atom.